The Balaban J connectivity index is 2.71. The first-order valence-corrected chi connectivity index (χ1v) is 8.00. The van der Waals surface area contributed by atoms with Crippen molar-refractivity contribution in [3.8, 4) is 5.75 Å². The summed E-state index contributed by atoms with van der Waals surface area (Å²) in [6.07, 6.45) is -10.7. The maximum absolute atomic E-state index is 14.3. The fourth-order valence-corrected chi connectivity index (χ4v) is 2.69. The van der Waals surface area contributed by atoms with E-state index in [0.29, 0.717) is 12.1 Å². The first-order chi connectivity index (χ1) is 14.2. The number of carbonyl (C=O) groups is 2. The van der Waals surface area contributed by atoms with Crippen molar-refractivity contribution in [1.29, 1.82) is 0 Å². The molecule has 0 heterocycles. The van der Waals surface area contributed by atoms with Crippen LogP contribution in [0.1, 0.15) is 31.8 Å². The van der Waals surface area contributed by atoms with Gasteiger partial charge < -0.3 is 14.8 Å². The van der Waals surface area contributed by atoms with Gasteiger partial charge in [0.1, 0.15) is 5.82 Å². The number of methoxy groups -OCH3 is 1. The van der Waals surface area contributed by atoms with Gasteiger partial charge in [0.25, 0.3) is 0 Å². The van der Waals surface area contributed by atoms with Gasteiger partial charge >= 0.3 is 18.5 Å². The third-order valence-electron chi connectivity index (χ3n) is 3.97. The van der Waals surface area contributed by atoms with Gasteiger partial charge in [0.15, 0.2) is 17.9 Å². The minimum absolute atomic E-state index is 0.220. The smallest absolute Gasteiger partial charge is 0.465 e. The Labute approximate surface area is 168 Å². The first-order valence-electron chi connectivity index (χ1n) is 8.00. The molecule has 0 spiro atoms. The standard InChI is InChI=1S/C18H11F8NO4/c1-7-13(17(21,22)23)10(19)5-8(16(29)30-2)15(7)27-11-3-4-12(31-18(24,25)26)14(20)9(11)6-28/h3-6,27H,1-2H3. The van der Waals surface area contributed by atoms with Crippen molar-refractivity contribution in [3.05, 3.63) is 52.1 Å². The Hall–Kier alpha value is -3.38. The van der Waals surface area contributed by atoms with Crippen LogP contribution in [0.15, 0.2) is 18.2 Å². The van der Waals surface area contributed by atoms with E-state index in [0.717, 1.165) is 14.0 Å². The second-order valence-corrected chi connectivity index (χ2v) is 5.90. The molecule has 13 heteroatoms. The Bertz CT molecular complexity index is 1030. The summed E-state index contributed by atoms with van der Waals surface area (Å²) in [7, 11) is 0.858. The molecule has 0 fully saturated rings. The molecule has 168 valence electrons. The molecule has 0 bridgehead atoms. The summed E-state index contributed by atoms with van der Waals surface area (Å²) in [5.41, 5.74) is -5.70. The van der Waals surface area contributed by atoms with E-state index in [1.807, 2.05) is 0 Å². The number of aldehydes is 1. The lowest BCUT2D eigenvalue weighted by molar-refractivity contribution is -0.275. The number of halogens is 8. The molecule has 2 aromatic carbocycles. The highest BCUT2D eigenvalue weighted by Gasteiger charge is 2.39. The molecule has 0 radical (unpaired) electrons. The highest BCUT2D eigenvalue weighted by molar-refractivity contribution is 5.99. The summed E-state index contributed by atoms with van der Waals surface area (Å²) in [5.74, 6) is -6.22. The highest BCUT2D eigenvalue weighted by atomic mass is 19.4. The van der Waals surface area contributed by atoms with Gasteiger partial charge in [0, 0.05) is 0 Å². The topological polar surface area (TPSA) is 64.6 Å². The lowest BCUT2D eigenvalue weighted by Crippen LogP contribution is -2.19. The van der Waals surface area contributed by atoms with E-state index in [1.165, 1.54) is 0 Å². The van der Waals surface area contributed by atoms with Crippen molar-refractivity contribution in [3.63, 3.8) is 0 Å². The Morgan fingerprint density at radius 1 is 1.10 bits per heavy atom. The van der Waals surface area contributed by atoms with Crippen molar-refractivity contribution in [2.24, 2.45) is 0 Å². The maximum Gasteiger partial charge on any atom is 0.573 e. The van der Waals surface area contributed by atoms with Gasteiger partial charge in [-0.2, -0.15) is 13.2 Å². The summed E-state index contributed by atoms with van der Waals surface area (Å²) in [5, 5.41) is 2.17. The fraction of sp³-hybridized carbons (Fsp3) is 0.222. The third-order valence-corrected chi connectivity index (χ3v) is 3.97. The van der Waals surface area contributed by atoms with Gasteiger partial charge in [0.2, 0.25) is 0 Å². The molecular formula is C18H11F8NO4. The van der Waals surface area contributed by atoms with Crippen LogP contribution >= 0.6 is 0 Å². The predicted molar refractivity (Wildman–Crippen MR) is 89.2 cm³/mol. The van der Waals surface area contributed by atoms with Crippen molar-refractivity contribution in [2.45, 2.75) is 19.5 Å². The van der Waals surface area contributed by atoms with Crippen molar-refractivity contribution in [2.75, 3.05) is 12.4 Å². The number of anilines is 2. The molecule has 2 aromatic rings. The van der Waals surface area contributed by atoms with Crippen LogP contribution in [0.4, 0.5) is 46.5 Å². The average Bonchev–Trinajstić information content (AvgIpc) is 2.63. The molecule has 0 aliphatic carbocycles. The van der Waals surface area contributed by atoms with Gasteiger partial charge in [-0.25, -0.2) is 13.6 Å². The zero-order valence-corrected chi connectivity index (χ0v) is 15.5. The Morgan fingerprint density at radius 2 is 1.71 bits per heavy atom. The zero-order valence-electron chi connectivity index (χ0n) is 15.5. The molecule has 0 aliphatic heterocycles. The molecule has 1 N–H and O–H groups in total. The summed E-state index contributed by atoms with van der Waals surface area (Å²) in [4.78, 5) is 23.2. The van der Waals surface area contributed by atoms with E-state index in [2.05, 4.69) is 14.8 Å². The van der Waals surface area contributed by atoms with E-state index in [-0.39, 0.29) is 12.4 Å². The zero-order chi connectivity index (χ0) is 23.7. The van der Waals surface area contributed by atoms with Crippen molar-refractivity contribution in [1.82, 2.24) is 0 Å². The molecular weight excluding hydrogens is 446 g/mol. The summed E-state index contributed by atoms with van der Waals surface area (Å²) in [6.45, 7) is 0.790. The molecule has 5 nitrogen and oxygen atoms in total. The monoisotopic (exact) mass is 457 g/mol. The second-order valence-electron chi connectivity index (χ2n) is 5.90. The minimum atomic E-state index is -5.29. The maximum atomic E-state index is 14.3. The molecule has 0 aliphatic rings. The number of rotatable bonds is 5. The molecule has 31 heavy (non-hydrogen) atoms. The van der Waals surface area contributed by atoms with E-state index >= 15 is 0 Å². The largest absolute Gasteiger partial charge is 0.573 e. The highest BCUT2D eigenvalue weighted by Crippen LogP contribution is 2.40. The number of hydrogen-bond acceptors (Lipinski definition) is 5. The quantitative estimate of drug-likeness (QED) is 0.363. The number of hydrogen-bond donors (Lipinski definition) is 1. The van der Waals surface area contributed by atoms with Gasteiger partial charge in [-0.05, 0) is 30.7 Å². The van der Waals surface area contributed by atoms with Gasteiger partial charge in [-0.15, -0.1) is 13.2 Å². The molecule has 0 amide bonds. The number of ether oxygens (including phenoxy) is 2. The predicted octanol–water partition coefficient (Wildman–Crippen LogP) is 5.53. The van der Waals surface area contributed by atoms with Crippen LogP contribution in [0.2, 0.25) is 0 Å². The van der Waals surface area contributed by atoms with Crippen LogP contribution in [0.5, 0.6) is 5.75 Å². The van der Waals surface area contributed by atoms with E-state index < -0.39 is 69.5 Å². The van der Waals surface area contributed by atoms with Crippen LogP contribution in [0.3, 0.4) is 0 Å². The Morgan fingerprint density at radius 3 is 2.19 bits per heavy atom. The molecule has 0 saturated carbocycles. The van der Waals surface area contributed by atoms with E-state index in [9.17, 15) is 44.7 Å². The fourth-order valence-electron chi connectivity index (χ4n) is 2.69. The van der Waals surface area contributed by atoms with Gasteiger partial charge in [-0.1, -0.05) is 0 Å². The van der Waals surface area contributed by atoms with E-state index in [1.54, 1.807) is 0 Å². The van der Waals surface area contributed by atoms with Crippen molar-refractivity contribution >= 4 is 23.6 Å². The van der Waals surface area contributed by atoms with Crippen LogP contribution < -0.4 is 10.1 Å². The van der Waals surface area contributed by atoms with Gasteiger partial charge in [0.05, 0.1) is 35.2 Å². The number of carbonyl (C=O) groups excluding carboxylic acids is 2. The summed E-state index contributed by atoms with van der Waals surface area (Å²) < 4.78 is 113. The average molecular weight is 457 g/mol. The SMILES string of the molecule is COC(=O)c1cc(F)c(C(F)(F)F)c(C)c1Nc1ccc(OC(F)(F)F)c(F)c1C=O. The van der Waals surface area contributed by atoms with Gasteiger partial charge in [-0.3, -0.25) is 4.79 Å². The van der Waals surface area contributed by atoms with E-state index in [4.69, 9.17) is 0 Å². The number of alkyl halides is 6. The van der Waals surface area contributed by atoms with Crippen LogP contribution in [-0.4, -0.2) is 25.7 Å². The molecule has 0 atom stereocenters. The third kappa shape index (κ3) is 5.03. The number of benzene rings is 2. The molecule has 0 saturated heterocycles. The summed E-state index contributed by atoms with van der Waals surface area (Å²) in [6, 6.07) is 1.38. The lowest BCUT2D eigenvalue weighted by atomic mass is 9.99. The molecule has 2 rings (SSSR count). The normalized spacial score (nSPS) is 11.8. The summed E-state index contributed by atoms with van der Waals surface area (Å²) >= 11 is 0. The first kappa shape index (κ1) is 23.9. The second kappa shape index (κ2) is 8.40. The Kier molecular flexibility index (Phi) is 6.47. The minimum Gasteiger partial charge on any atom is -0.465 e. The lowest BCUT2D eigenvalue weighted by Gasteiger charge is -2.20. The molecule has 0 unspecified atom stereocenters. The number of nitrogens with one attached hydrogen (secondary N) is 1. The van der Waals surface area contributed by atoms with Crippen LogP contribution in [-0.2, 0) is 10.9 Å². The van der Waals surface area contributed by atoms with Crippen LogP contribution in [0, 0.1) is 18.6 Å². The molecule has 0 aromatic heterocycles. The van der Waals surface area contributed by atoms with Crippen LogP contribution in [0.25, 0.3) is 0 Å². The van der Waals surface area contributed by atoms with Crippen molar-refractivity contribution < 1.29 is 54.2 Å². The number of esters is 1.